The normalized spacial score (nSPS) is 15.8. The molecule has 1 aliphatic rings. The number of amides is 1. The van der Waals surface area contributed by atoms with Gasteiger partial charge < -0.3 is 10.1 Å². The number of anilines is 2. The molecule has 3 rings (SSSR count). The van der Waals surface area contributed by atoms with Crippen LogP contribution in [-0.4, -0.2) is 33.2 Å². The smallest absolute Gasteiger partial charge is 0.255 e. The molecule has 1 amide bonds. The van der Waals surface area contributed by atoms with Crippen molar-refractivity contribution in [3.63, 3.8) is 0 Å². The van der Waals surface area contributed by atoms with Gasteiger partial charge in [-0.3, -0.25) is 9.10 Å². The van der Waals surface area contributed by atoms with E-state index in [1.807, 2.05) is 6.92 Å². The lowest BCUT2D eigenvalue weighted by molar-refractivity contribution is 0.102. The van der Waals surface area contributed by atoms with Crippen molar-refractivity contribution in [1.82, 2.24) is 0 Å². The minimum absolute atomic E-state index is 0.162. The summed E-state index contributed by atoms with van der Waals surface area (Å²) in [5.74, 6) is 0.611. The molecule has 0 aromatic heterocycles. The summed E-state index contributed by atoms with van der Waals surface area (Å²) in [5.41, 5.74) is 1.63. The van der Waals surface area contributed by atoms with Crippen LogP contribution in [0.5, 0.6) is 5.75 Å². The van der Waals surface area contributed by atoms with Crippen molar-refractivity contribution < 1.29 is 17.9 Å². The first-order valence-corrected chi connectivity index (χ1v) is 9.75. The zero-order valence-corrected chi connectivity index (χ0v) is 14.8. The maximum Gasteiger partial charge on any atom is 0.255 e. The van der Waals surface area contributed by atoms with Crippen LogP contribution < -0.4 is 14.4 Å². The first kappa shape index (κ1) is 17.3. The molecule has 25 heavy (non-hydrogen) atoms. The van der Waals surface area contributed by atoms with E-state index in [1.165, 1.54) is 4.31 Å². The molecule has 2 aromatic carbocycles. The van der Waals surface area contributed by atoms with E-state index in [1.54, 1.807) is 48.5 Å². The maximum absolute atomic E-state index is 12.4. The molecule has 0 spiro atoms. The second kappa shape index (κ2) is 7.14. The number of hydrogen-bond acceptors (Lipinski definition) is 4. The summed E-state index contributed by atoms with van der Waals surface area (Å²) in [6.45, 7) is 2.94. The molecular formula is C18H20N2O4S. The number of carbonyl (C=O) groups excluding carboxylic acids is 1. The maximum atomic E-state index is 12.4. The van der Waals surface area contributed by atoms with Crippen LogP contribution in [0.4, 0.5) is 11.4 Å². The Morgan fingerprint density at radius 1 is 1.20 bits per heavy atom. The first-order valence-electron chi connectivity index (χ1n) is 8.14. The third-order valence-electron chi connectivity index (χ3n) is 3.92. The molecule has 6 nitrogen and oxygen atoms in total. The van der Waals surface area contributed by atoms with Gasteiger partial charge >= 0.3 is 0 Å². The van der Waals surface area contributed by atoms with Crippen molar-refractivity contribution in [1.29, 1.82) is 0 Å². The Kier molecular flexibility index (Phi) is 4.94. The van der Waals surface area contributed by atoms with Gasteiger partial charge in [-0.1, -0.05) is 6.07 Å². The predicted octanol–water partition coefficient (Wildman–Crippen LogP) is 2.88. The number of ether oxygens (including phenoxy) is 1. The van der Waals surface area contributed by atoms with Gasteiger partial charge in [0, 0.05) is 17.8 Å². The molecule has 0 bridgehead atoms. The Balaban J connectivity index is 1.74. The Labute approximate surface area is 147 Å². The third-order valence-corrected chi connectivity index (χ3v) is 5.79. The molecule has 132 valence electrons. The fraction of sp³-hybridized carbons (Fsp3) is 0.278. The minimum atomic E-state index is -3.24. The van der Waals surface area contributed by atoms with Crippen molar-refractivity contribution in [2.75, 3.05) is 28.5 Å². The molecule has 0 atom stereocenters. The van der Waals surface area contributed by atoms with E-state index < -0.39 is 10.0 Å². The van der Waals surface area contributed by atoms with E-state index in [2.05, 4.69) is 5.32 Å². The Hall–Kier alpha value is -2.54. The van der Waals surface area contributed by atoms with E-state index in [9.17, 15) is 13.2 Å². The van der Waals surface area contributed by atoms with Gasteiger partial charge in [0.15, 0.2) is 0 Å². The van der Waals surface area contributed by atoms with Gasteiger partial charge in [-0.25, -0.2) is 8.42 Å². The fourth-order valence-corrected chi connectivity index (χ4v) is 4.30. The van der Waals surface area contributed by atoms with E-state index in [0.29, 0.717) is 42.3 Å². The molecule has 7 heteroatoms. The minimum Gasteiger partial charge on any atom is -0.494 e. The van der Waals surface area contributed by atoms with Gasteiger partial charge in [-0.15, -0.1) is 0 Å². The second-order valence-electron chi connectivity index (χ2n) is 5.70. The summed E-state index contributed by atoms with van der Waals surface area (Å²) in [6, 6.07) is 13.7. The van der Waals surface area contributed by atoms with Gasteiger partial charge in [-0.05, 0) is 55.8 Å². The summed E-state index contributed by atoms with van der Waals surface area (Å²) in [5, 5.41) is 2.80. The summed E-state index contributed by atoms with van der Waals surface area (Å²) >= 11 is 0. The monoisotopic (exact) mass is 360 g/mol. The Morgan fingerprint density at radius 2 is 1.96 bits per heavy atom. The number of benzene rings is 2. The molecule has 1 fully saturated rings. The zero-order chi connectivity index (χ0) is 17.9. The van der Waals surface area contributed by atoms with Crippen LogP contribution in [0.3, 0.4) is 0 Å². The van der Waals surface area contributed by atoms with Gasteiger partial charge in [0.25, 0.3) is 5.91 Å². The van der Waals surface area contributed by atoms with Gasteiger partial charge in [0.1, 0.15) is 5.75 Å². The van der Waals surface area contributed by atoms with Gasteiger partial charge in [0.2, 0.25) is 10.0 Å². The highest BCUT2D eigenvalue weighted by Crippen LogP contribution is 2.26. The highest BCUT2D eigenvalue weighted by Gasteiger charge is 2.28. The third kappa shape index (κ3) is 3.93. The molecule has 0 aliphatic carbocycles. The second-order valence-corrected chi connectivity index (χ2v) is 7.72. The fourth-order valence-electron chi connectivity index (χ4n) is 2.74. The standard InChI is InChI=1S/C18H20N2O4S/c1-2-24-17-9-7-14(8-10-17)18(21)19-15-5-3-6-16(13-15)20-11-4-12-25(20,22)23/h3,5-10,13H,2,4,11-12H2,1H3,(H,19,21). The van der Waals surface area contributed by atoms with Crippen LogP contribution in [-0.2, 0) is 10.0 Å². The number of sulfonamides is 1. The lowest BCUT2D eigenvalue weighted by Crippen LogP contribution is -2.25. The lowest BCUT2D eigenvalue weighted by Gasteiger charge is -2.17. The number of nitrogens with one attached hydrogen (secondary N) is 1. The van der Waals surface area contributed by atoms with Crippen molar-refractivity contribution in [2.24, 2.45) is 0 Å². The van der Waals surface area contributed by atoms with E-state index in [4.69, 9.17) is 4.74 Å². The lowest BCUT2D eigenvalue weighted by atomic mass is 10.2. The summed E-state index contributed by atoms with van der Waals surface area (Å²) in [7, 11) is -3.24. The summed E-state index contributed by atoms with van der Waals surface area (Å²) in [4.78, 5) is 12.4. The van der Waals surface area contributed by atoms with E-state index in [0.717, 1.165) is 0 Å². The Morgan fingerprint density at radius 3 is 2.60 bits per heavy atom. The first-order chi connectivity index (χ1) is 12.0. The van der Waals surface area contributed by atoms with E-state index in [-0.39, 0.29) is 11.7 Å². The van der Waals surface area contributed by atoms with Crippen molar-refractivity contribution in [3.8, 4) is 5.75 Å². The largest absolute Gasteiger partial charge is 0.494 e. The van der Waals surface area contributed by atoms with Crippen molar-refractivity contribution in [3.05, 3.63) is 54.1 Å². The van der Waals surface area contributed by atoms with Crippen LogP contribution >= 0.6 is 0 Å². The SMILES string of the molecule is CCOc1ccc(C(=O)Nc2cccc(N3CCCS3(=O)=O)c2)cc1. The van der Waals surface area contributed by atoms with Gasteiger partial charge in [-0.2, -0.15) is 0 Å². The number of rotatable bonds is 5. The number of hydrogen-bond donors (Lipinski definition) is 1. The van der Waals surface area contributed by atoms with Crippen molar-refractivity contribution >= 4 is 27.3 Å². The molecule has 1 aliphatic heterocycles. The quantitative estimate of drug-likeness (QED) is 0.890. The summed E-state index contributed by atoms with van der Waals surface area (Å²) in [6.07, 6.45) is 0.616. The topological polar surface area (TPSA) is 75.7 Å². The predicted molar refractivity (Wildman–Crippen MR) is 97.8 cm³/mol. The molecule has 1 heterocycles. The van der Waals surface area contributed by atoms with Crippen molar-refractivity contribution in [2.45, 2.75) is 13.3 Å². The van der Waals surface area contributed by atoms with Crippen LogP contribution in [0.15, 0.2) is 48.5 Å². The molecule has 1 N–H and O–H groups in total. The van der Waals surface area contributed by atoms with Crippen LogP contribution in [0, 0.1) is 0 Å². The highest BCUT2D eigenvalue weighted by atomic mass is 32.2. The average Bonchev–Trinajstić information content (AvgIpc) is 2.95. The number of nitrogens with zero attached hydrogens (tertiary/aromatic N) is 1. The Bertz CT molecular complexity index is 863. The van der Waals surface area contributed by atoms with E-state index >= 15 is 0 Å². The molecular weight excluding hydrogens is 340 g/mol. The average molecular weight is 360 g/mol. The molecule has 1 saturated heterocycles. The van der Waals surface area contributed by atoms with Crippen LogP contribution in [0.25, 0.3) is 0 Å². The van der Waals surface area contributed by atoms with Gasteiger partial charge in [0.05, 0.1) is 18.0 Å². The molecule has 0 saturated carbocycles. The van der Waals surface area contributed by atoms with Crippen LogP contribution in [0.2, 0.25) is 0 Å². The molecule has 0 unspecified atom stereocenters. The summed E-state index contributed by atoms with van der Waals surface area (Å²) < 4.78 is 30.8. The van der Waals surface area contributed by atoms with Crippen LogP contribution in [0.1, 0.15) is 23.7 Å². The highest BCUT2D eigenvalue weighted by molar-refractivity contribution is 7.93. The zero-order valence-electron chi connectivity index (χ0n) is 13.9. The number of carbonyl (C=O) groups is 1. The molecule has 2 aromatic rings. The molecule has 0 radical (unpaired) electrons.